The number of amides is 1. The van der Waals surface area contributed by atoms with Crippen LogP contribution in [-0.2, 0) is 4.79 Å². The maximum absolute atomic E-state index is 12.4. The van der Waals surface area contributed by atoms with Gasteiger partial charge in [0.1, 0.15) is 12.2 Å². The number of rotatable bonds is 35. The van der Waals surface area contributed by atoms with Crippen LogP contribution >= 0.6 is 0 Å². The van der Waals surface area contributed by atoms with Crippen molar-refractivity contribution in [2.45, 2.75) is 231 Å². The van der Waals surface area contributed by atoms with Crippen molar-refractivity contribution in [2.75, 3.05) is 6.61 Å². The standard InChI is InChI=1S/C38H77NO5/c1-3-5-7-9-11-13-15-16-17-18-19-20-21-22-24-26-28-30-32-36(42)38(44)39-34(33-40)37(43)35(41)31-29-27-25-23-14-12-10-8-6-4-2/h34-37,40-43H,3-33H2,1-2H3,(H,39,44)/t34?,35-,36-,37+/m1/s1. The molecular weight excluding hydrogens is 550 g/mol. The van der Waals surface area contributed by atoms with E-state index in [1.54, 1.807) is 0 Å². The maximum atomic E-state index is 12.4. The number of carbonyl (C=O) groups excluding carboxylic acids is 1. The molecule has 44 heavy (non-hydrogen) atoms. The quantitative estimate of drug-likeness (QED) is 0.0450. The molecule has 0 fully saturated rings. The lowest BCUT2D eigenvalue weighted by molar-refractivity contribution is -0.132. The van der Waals surface area contributed by atoms with E-state index in [0.29, 0.717) is 12.8 Å². The Hall–Kier alpha value is -0.690. The number of aliphatic hydroxyl groups excluding tert-OH is 4. The van der Waals surface area contributed by atoms with Gasteiger partial charge in [-0.1, -0.05) is 194 Å². The van der Waals surface area contributed by atoms with Gasteiger partial charge in [-0.15, -0.1) is 0 Å². The van der Waals surface area contributed by atoms with Crippen LogP contribution in [0.2, 0.25) is 0 Å². The highest BCUT2D eigenvalue weighted by molar-refractivity contribution is 5.80. The number of carbonyl (C=O) groups is 1. The van der Waals surface area contributed by atoms with Crippen LogP contribution in [0.4, 0.5) is 0 Å². The summed E-state index contributed by atoms with van der Waals surface area (Å²) in [7, 11) is 0. The molecule has 1 unspecified atom stereocenters. The average molecular weight is 628 g/mol. The minimum absolute atomic E-state index is 0.375. The zero-order chi connectivity index (χ0) is 32.5. The molecule has 0 saturated heterocycles. The molecule has 0 aromatic carbocycles. The molecule has 5 N–H and O–H groups in total. The second-order valence-corrected chi connectivity index (χ2v) is 13.6. The van der Waals surface area contributed by atoms with Gasteiger partial charge in [0.25, 0.3) is 0 Å². The molecule has 1 amide bonds. The average Bonchev–Trinajstić information content (AvgIpc) is 3.03. The molecule has 264 valence electrons. The van der Waals surface area contributed by atoms with E-state index in [0.717, 1.165) is 38.5 Å². The molecule has 4 atom stereocenters. The first-order valence-corrected chi connectivity index (χ1v) is 19.4. The summed E-state index contributed by atoms with van der Waals surface area (Å²) in [6.45, 7) is 4.03. The SMILES string of the molecule is CCCCCCCCCCCCCCCCCCCC[C@@H](O)C(=O)NC(CO)[C@H](O)[C@H](O)CCCCCCCCCCCC. The van der Waals surface area contributed by atoms with Gasteiger partial charge in [0.05, 0.1) is 18.8 Å². The lowest BCUT2D eigenvalue weighted by Crippen LogP contribution is -2.53. The van der Waals surface area contributed by atoms with Crippen LogP contribution in [0.5, 0.6) is 0 Å². The molecule has 6 heteroatoms. The van der Waals surface area contributed by atoms with E-state index >= 15 is 0 Å². The van der Waals surface area contributed by atoms with Crippen molar-refractivity contribution in [3.05, 3.63) is 0 Å². The molecule has 0 aromatic rings. The minimum atomic E-state index is -1.25. The third-order valence-electron chi connectivity index (χ3n) is 9.32. The molecule has 0 aliphatic heterocycles. The molecule has 0 rings (SSSR count). The van der Waals surface area contributed by atoms with Crippen LogP contribution in [0, 0.1) is 0 Å². The Morgan fingerprint density at radius 1 is 0.477 bits per heavy atom. The molecular formula is C38H77NO5. The molecule has 0 heterocycles. The van der Waals surface area contributed by atoms with E-state index in [1.165, 1.54) is 141 Å². The van der Waals surface area contributed by atoms with E-state index in [4.69, 9.17) is 0 Å². The van der Waals surface area contributed by atoms with Crippen molar-refractivity contribution in [3.8, 4) is 0 Å². The van der Waals surface area contributed by atoms with Crippen LogP contribution in [0.15, 0.2) is 0 Å². The molecule has 0 bridgehead atoms. The third-order valence-corrected chi connectivity index (χ3v) is 9.32. The second-order valence-electron chi connectivity index (χ2n) is 13.6. The van der Waals surface area contributed by atoms with Gasteiger partial charge >= 0.3 is 0 Å². The van der Waals surface area contributed by atoms with Crippen LogP contribution in [-0.4, -0.2) is 57.3 Å². The van der Waals surface area contributed by atoms with Crippen molar-refractivity contribution >= 4 is 5.91 Å². The van der Waals surface area contributed by atoms with E-state index in [-0.39, 0.29) is 0 Å². The number of hydrogen-bond donors (Lipinski definition) is 5. The molecule has 0 aromatic heterocycles. The largest absolute Gasteiger partial charge is 0.394 e. The van der Waals surface area contributed by atoms with Gasteiger partial charge in [-0.2, -0.15) is 0 Å². The second kappa shape index (κ2) is 33.7. The predicted molar refractivity (Wildman–Crippen MR) is 187 cm³/mol. The highest BCUT2D eigenvalue weighted by atomic mass is 16.3. The van der Waals surface area contributed by atoms with E-state index in [1.807, 2.05) is 0 Å². The van der Waals surface area contributed by atoms with Gasteiger partial charge in [-0.05, 0) is 12.8 Å². The summed E-state index contributed by atoms with van der Waals surface area (Å²) < 4.78 is 0. The Bertz CT molecular complexity index is 590. The summed E-state index contributed by atoms with van der Waals surface area (Å²) in [6, 6.07) is -0.976. The summed E-state index contributed by atoms with van der Waals surface area (Å²) in [5.74, 6) is -0.582. The fraction of sp³-hybridized carbons (Fsp3) is 0.974. The van der Waals surface area contributed by atoms with Gasteiger partial charge in [0.2, 0.25) is 5.91 Å². The van der Waals surface area contributed by atoms with Crippen molar-refractivity contribution < 1.29 is 25.2 Å². The topological polar surface area (TPSA) is 110 Å². The highest BCUT2D eigenvalue weighted by Crippen LogP contribution is 2.16. The Morgan fingerprint density at radius 3 is 1.09 bits per heavy atom. The third kappa shape index (κ3) is 27.6. The van der Waals surface area contributed by atoms with Gasteiger partial charge in [-0.3, -0.25) is 4.79 Å². The molecule has 0 saturated carbocycles. The number of hydrogen-bond acceptors (Lipinski definition) is 5. The lowest BCUT2D eigenvalue weighted by Gasteiger charge is -2.27. The Morgan fingerprint density at radius 2 is 0.773 bits per heavy atom. The normalized spacial score (nSPS) is 14.4. The van der Waals surface area contributed by atoms with Crippen molar-refractivity contribution in [1.29, 1.82) is 0 Å². The van der Waals surface area contributed by atoms with Crippen molar-refractivity contribution in [1.82, 2.24) is 5.32 Å². The summed E-state index contributed by atoms with van der Waals surface area (Å²) in [4.78, 5) is 12.4. The first-order valence-electron chi connectivity index (χ1n) is 19.4. The van der Waals surface area contributed by atoms with Crippen molar-refractivity contribution in [3.63, 3.8) is 0 Å². The molecule has 0 spiro atoms. The predicted octanol–water partition coefficient (Wildman–Crippen LogP) is 9.29. The number of nitrogens with one attached hydrogen (secondary N) is 1. The summed E-state index contributed by atoms with van der Waals surface area (Å²) in [5.41, 5.74) is 0. The van der Waals surface area contributed by atoms with Crippen molar-refractivity contribution in [2.24, 2.45) is 0 Å². The van der Waals surface area contributed by atoms with E-state index in [2.05, 4.69) is 19.2 Å². The first kappa shape index (κ1) is 43.3. The Kier molecular flexibility index (Phi) is 33.1. The lowest BCUT2D eigenvalue weighted by atomic mass is 9.99. The number of unbranched alkanes of at least 4 members (excludes halogenated alkanes) is 26. The molecule has 0 aliphatic rings. The summed E-state index contributed by atoms with van der Waals surface area (Å²) in [6.07, 6.45) is 32.7. The summed E-state index contributed by atoms with van der Waals surface area (Å²) >= 11 is 0. The summed E-state index contributed by atoms with van der Waals surface area (Å²) in [5, 5.41) is 43.4. The fourth-order valence-corrected chi connectivity index (χ4v) is 6.17. The van der Waals surface area contributed by atoms with E-state index in [9.17, 15) is 25.2 Å². The molecule has 0 radical (unpaired) electrons. The van der Waals surface area contributed by atoms with Gasteiger partial charge < -0.3 is 25.7 Å². The van der Waals surface area contributed by atoms with Crippen LogP contribution in [0.3, 0.4) is 0 Å². The highest BCUT2D eigenvalue weighted by Gasteiger charge is 2.28. The maximum Gasteiger partial charge on any atom is 0.249 e. The Balaban J connectivity index is 3.72. The van der Waals surface area contributed by atoms with Gasteiger partial charge in [-0.25, -0.2) is 0 Å². The Labute approximate surface area is 273 Å². The minimum Gasteiger partial charge on any atom is -0.394 e. The monoisotopic (exact) mass is 628 g/mol. The van der Waals surface area contributed by atoms with Gasteiger partial charge in [0.15, 0.2) is 0 Å². The fourth-order valence-electron chi connectivity index (χ4n) is 6.17. The van der Waals surface area contributed by atoms with Crippen LogP contribution in [0.25, 0.3) is 0 Å². The van der Waals surface area contributed by atoms with Gasteiger partial charge in [0, 0.05) is 0 Å². The zero-order valence-electron chi connectivity index (χ0n) is 29.4. The van der Waals surface area contributed by atoms with Crippen LogP contribution < -0.4 is 5.32 Å². The van der Waals surface area contributed by atoms with Crippen LogP contribution in [0.1, 0.15) is 206 Å². The smallest absolute Gasteiger partial charge is 0.249 e. The molecule has 0 aliphatic carbocycles. The zero-order valence-corrected chi connectivity index (χ0v) is 29.4. The first-order chi connectivity index (χ1) is 21.5. The van der Waals surface area contributed by atoms with E-state index < -0.39 is 36.9 Å². The molecule has 6 nitrogen and oxygen atoms in total. The number of aliphatic hydroxyl groups is 4.